The molecule has 7 heteroatoms. The molecule has 0 saturated carbocycles. The zero-order valence-electron chi connectivity index (χ0n) is 10.9. The molecule has 1 fully saturated rings. The number of nitrogens with one attached hydrogen (secondary N) is 2. The minimum atomic E-state index is -1.15. The Balaban J connectivity index is 2.06. The third-order valence-electron chi connectivity index (χ3n) is 3.15. The van der Waals surface area contributed by atoms with Crippen LogP contribution in [0.1, 0.15) is 23.7 Å². The maximum Gasteiger partial charge on any atom is 0.337 e. The van der Waals surface area contributed by atoms with Crippen LogP contribution in [0.4, 0.5) is 10.5 Å². The second-order valence-electron chi connectivity index (χ2n) is 4.56. The zero-order valence-corrected chi connectivity index (χ0v) is 11.6. The molecule has 2 amide bonds. The minimum Gasteiger partial charge on any atom is -0.478 e. The number of rotatable bonds is 3. The minimum absolute atomic E-state index is 0.0510. The Bertz CT molecular complexity index is 535. The monoisotopic (exact) mass is 298 g/mol. The zero-order chi connectivity index (χ0) is 14.7. The fourth-order valence-electron chi connectivity index (χ4n) is 2.05. The summed E-state index contributed by atoms with van der Waals surface area (Å²) in [4.78, 5) is 23.0. The van der Waals surface area contributed by atoms with Crippen molar-refractivity contribution in [1.82, 2.24) is 5.32 Å². The highest BCUT2D eigenvalue weighted by molar-refractivity contribution is 6.31. The van der Waals surface area contributed by atoms with Gasteiger partial charge in [-0.2, -0.15) is 0 Å². The van der Waals surface area contributed by atoms with E-state index in [-0.39, 0.29) is 23.4 Å². The van der Waals surface area contributed by atoms with Gasteiger partial charge in [0.05, 0.1) is 23.4 Å². The normalized spacial score (nSPS) is 21.5. The fraction of sp³-hybridized carbons (Fsp3) is 0.385. The molecule has 6 nitrogen and oxygen atoms in total. The highest BCUT2D eigenvalue weighted by atomic mass is 35.5. The van der Waals surface area contributed by atoms with E-state index in [1.165, 1.54) is 18.2 Å². The molecule has 0 aliphatic carbocycles. The lowest BCUT2D eigenvalue weighted by atomic mass is 10.1. The lowest BCUT2D eigenvalue weighted by Crippen LogP contribution is -2.41. The van der Waals surface area contributed by atoms with Gasteiger partial charge in [-0.1, -0.05) is 11.6 Å². The molecule has 2 atom stereocenters. The van der Waals surface area contributed by atoms with Crippen LogP contribution in [0.15, 0.2) is 18.2 Å². The van der Waals surface area contributed by atoms with Crippen molar-refractivity contribution in [3.63, 3.8) is 0 Å². The van der Waals surface area contributed by atoms with E-state index in [9.17, 15) is 9.59 Å². The number of urea groups is 1. The third-order valence-corrected chi connectivity index (χ3v) is 3.39. The number of hydrogen-bond acceptors (Lipinski definition) is 3. The van der Waals surface area contributed by atoms with Crippen LogP contribution in [-0.4, -0.2) is 35.9 Å². The highest BCUT2D eigenvalue weighted by Crippen LogP contribution is 2.21. The van der Waals surface area contributed by atoms with Crippen LogP contribution in [0.2, 0.25) is 5.02 Å². The van der Waals surface area contributed by atoms with Crippen molar-refractivity contribution in [1.29, 1.82) is 0 Å². The predicted molar refractivity (Wildman–Crippen MR) is 74.4 cm³/mol. The maximum atomic E-state index is 11.9. The van der Waals surface area contributed by atoms with Crippen LogP contribution in [0.3, 0.4) is 0 Å². The third kappa shape index (κ3) is 3.40. The molecule has 1 aromatic carbocycles. The quantitative estimate of drug-likeness (QED) is 0.799. The van der Waals surface area contributed by atoms with Gasteiger partial charge in [-0.25, -0.2) is 9.59 Å². The number of benzene rings is 1. The van der Waals surface area contributed by atoms with Gasteiger partial charge in [-0.3, -0.25) is 0 Å². The van der Waals surface area contributed by atoms with Crippen LogP contribution in [0.5, 0.6) is 0 Å². The van der Waals surface area contributed by atoms with Gasteiger partial charge in [0.2, 0.25) is 0 Å². The Kier molecular flexibility index (Phi) is 4.46. The molecule has 1 aliphatic heterocycles. The molecule has 0 radical (unpaired) electrons. The largest absolute Gasteiger partial charge is 0.478 e. The first-order chi connectivity index (χ1) is 9.47. The van der Waals surface area contributed by atoms with Crippen molar-refractivity contribution >= 4 is 29.3 Å². The first-order valence-corrected chi connectivity index (χ1v) is 6.57. The Labute approximate surface area is 121 Å². The lowest BCUT2D eigenvalue weighted by molar-refractivity contribution is 0.0698. The molecule has 1 saturated heterocycles. The van der Waals surface area contributed by atoms with E-state index >= 15 is 0 Å². The van der Waals surface area contributed by atoms with Gasteiger partial charge in [0.1, 0.15) is 0 Å². The molecule has 2 rings (SSSR count). The van der Waals surface area contributed by atoms with E-state index < -0.39 is 12.0 Å². The Hall–Kier alpha value is -1.79. The number of halogens is 1. The summed E-state index contributed by atoms with van der Waals surface area (Å²) in [6.45, 7) is 2.48. The first kappa shape index (κ1) is 14.6. The standard InChI is InChI=1S/C13H15ClN2O4/c1-7-10(4-5-20-7)15-13(19)16-11-3-2-8(14)6-9(11)12(17)18/h2-3,6-7,10H,4-5H2,1H3,(H,17,18)(H2,15,16,19). The smallest absolute Gasteiger partial charge is 0.337 e. The summed E-state index contributed by atoms with van der Waals surface area (Å²) in [5.41, 5.74) is 0.148. The fourth-order valence-corrected chi connectivity index (χ4v) is 2.22. The van der Waals surface area contributed by atoms with E-state index in [0.29, 0.717) is 11.6 Å². The lowest BCUT2D eigenvalue weighted by Gasteiger charge is -2.17. The van der Waals surface area contributed by atoms with Crippen LogP contribution >= 0.6 is 11.6 Å². The number of carbonyl (C=O) groups is 2. The average Bonchev–Trinajstić information content (AvgIpc) is 2.77. The topological polar surface area (TPSA) is 87.7 Å². The summed E-state index contributed by atoms with van der Waals surface area (Å²) in [7, 11) is 0. The number of ether oxygens (including phenoxy) is 1. The number of amides is 2. The van der Waals surface area contributed by atoms with Crippen molar-refractivity contribution < 1.29 is 19.4 Å². The number of carbonyl (C=O) groups excluding carboxylic acids is 1. The predicted octanol–water partition coefficient (Wildman–Crippen LogP) is 2.34. The molecule has 0 spiro atoms. The number of aromatic carboxylic acids is 1. The molecule has 108 valence electrons. The van der Waals surface area contributed by atoms with Gasteiger partial charge in [-0.05, 0) is 31.5 Å². The van der Waals surface area contributed by atoms with E-state index in [0.717, 1.165) is 6.42 Å². The van der Waals surface area contributed by atoms with Crippen molar-refractivity contribution in [3.8, 4) is 0 Å². The molecule has 3 N–H and O–H groups in total. The molecule has 1 aliphatic rings. The van der Waals surface area contributed by atoms with E-state index in [1.807, 2.05) is 6.92 Å². The summed E-state index contributed by atoms with van der Waals surface area (Å²) >= 11 is 5.75. The Morgan fingerprint density at radius 1 is 1.45 bits per heavy atom. The molecule has 1 heterocycles. The van der Waals surface area contributed by atoms with Crippen LogP contribution < -0.4 is 10.6 Å². The van der Waals surface area contributed by atoms with Crippen LogP contribution in [0, 0.1) is 0 Å². The average molecular weight is 299 g/mol. The van der Waals surface area contributed by atoms with Crippen molar-refractivity contribution in [2.45, 2.75) is 25.5 Å². The van der Waals surface area contributed by atoms with Gasteiger partial charge >= 0.3 is 12.0 Å². The molecule has 20 heavy (non-hydrogen) atoms. The number of carboxylic acids is 1. The van der Waals surface area contributed by atoms with Gasteiger partial charge in [-0.15, -0.1) is 0 Å². The van der Waals surface area contributed by atoms with Crippen LogP contribution in [-0.2, 0) is 4.74 Å². The Morgan fingerprint density at radius 2 is 2.20 bits per heavy atom. The second kappa shape index (κ2) is 6.11. The van der Waals surface area contributed by atoms with E-state index in [4.69, 9.17) is 21.4 Å². The highest BCUT2D eigenvalue weighted by Gasteiger charge is 2.26. The Morgan fingerprint density at radius 3 is 2.80 bits per heavy atom. The summed E-state index contributed by atoms with van der Waals surface area (Å²) in [6, 6.07) is 3.74. The first-order valence-electron chi connectivity index (χ1n) is 6.19. The summed E-state index contributed by atoms with van der Waals surface area (Å²) in [5.74, 6) is -1.15. The number of anilines is 1. The van der Waals surface area contributed by atoms with Gasteiger partial charge < -0.3 is 20.5 Å². The number of carboxylic acid groups (broad SMARTS) is 1. The van der Waals surface area contributed by atoms with Crippen molar-refractivity contribution in [3.05, 3.63) is 28.8 Å². The van der Waals surface area contributed by atoms with Gasteiger partial charge in [0.25, 0.3) is 0 Å². The molecular weight excluding hydrogens is 284 g/mol. The summed E-state index contributed by atoms with van der Waals surface area (Å²) in [6.07, 6.45) is 0.686. The maximum absolute atomic E-state index is 11.9. The number of hydrogen-bond donors (Lipinski definition) is 3. The van der Waals surface area contributed by atoms with Crippen molar-refractivity contribution in [2.24, 2.45) is 0 Å². The van der Waals surface area contributed by atoms with E-state index in [2.05, 4.69) is 10.6 Å². The summed E-state index contributed by atoms with van der Waals surface area (Å²) in [5, 5.41) is 14.7. The summed E-state index contributed by atoms with van der Waals surface area (Å²) < 4.78 is 5.34. The molecule has 0 bridgehead atoms. The van der Waals surface area contributed by atoms with Crippen LogP contribution in [0.25, 0.3) is 0 Å². The van der Waals surface area contributed by atoms with Gasteiger partial charge in [0.15, 0.2) is 0 Å². The van der Waals surface area contributed by atoms with E-state index in [1.54, 1.807) is 0 Å². The molecule has 1 aromatic rings. The molecular formula is C13H15ClN2O4. The van der Waals surface area contributed by atoms with Gasteiger partial charge in [0, 0.05) is 11.6 Å². The molecule has 0 aromatic heterocycles. The van der Waals surface area contributed by atoms with Crippen molar-refractivity contribution in [2.75, 3.05) is 11.9 Å². The molecule has 2 unspecified atom stereocenters. The second-order valence-corrected chi connectivity index (χ2v) is 5.00. The SMILES string of the molecule is CC1OCCC1NC(=O)Nc1ccc(Cl)cc1C(=O)O.